The lowest BCUT2D eigenvalue weighted by Crippen LogP contribution is -2.42. The average molecular weight is 432 g/mol. The van der Waals surface area contributed by atoms with Crippen molar-refractivity contribution in [2.45, 2.75) is 38.4 Å². The standard InChI is InChI=1S/C25H29N5O2/c26-24(31)17-3-1-16(2-4-17)14-30-12-9-23-21(15-30)20-13-18(5-6-22(20)29-23)25(32)28-19-7-10-27-11-8-19/h1-6,13,19,27,29H,7-12,14-15H2,(H2,26,31)(H,28,32). The number of benzene rings is 2. The van der Waals surface area contributed by atoms with Crippen molar-refractivity contribution in [1.29, 1.82) is 0 Å². The largest absolute Gasteiger partial charge is 0.366 e. The maximum atomic E-state index is 12.8. The zero-order chi connectivity index (χ0) is 22.1. The van der Waals surface area contributed by atoms with Gasteiger partial charge in [-0.3, -0.25) is 14.5 Å². The fourth-order valence-corrected chi connectivity index (χ4v) is 4.81. The van der Waals surface area contributed by atoms with Gasteiger partial charge in [0.05, 0.1) is 0 Å². The summed E-state index contributed by atoms with van der Waals surface area (Å²) >= 11 is 0. The van der Waals surface area contributed by atoms with Crippen LogP contribution in [0.1, 0.15) is 50.4 Å². The Bertz CT molecular complexity index is 1150. The molecule has 0 aliphatic carbocycles. The van der Waals surface area contributed by atoms with Crippen LogP contribution in [0.3, 0.4) is 0 Å². The van der Waals surface area contributed by atoms with Gasteiger partial charge in [-0.1, -0.05) is 12.1 Å². The van der Waals surface area contributed by atoms with E-state index in [2.05, 4.69) is 20.5 Å². The highest BCUT2D eigenvalue weighted by molar-refractivity contribution is 5.99. The molecule has 7 heteroatoms. The Morgan fingerprint density at radius 2 is 1.81 bits per heavy atom. The number of rotatable bonds is 5. The number of hydrogen-bond donors (Lipinski definition) is 4. The number of fused-ring (bicyclic) bond motifs is 3. The molecule has 166 valence electrons. The summed E-state index contributed by atoms with van der Waals surface area (Å²) in [5, 5.41) is 7.66. The van der Waals surface area contributed by atoms with Crippen LogP contribution in [-0.4, -0.2) is 47.4 Å². The molecule has 1 aromatic heterocycles. The molecule has 2 amide bonds. The molecule has 0 unspecified atom stereocenters. The molecule has 2 aromatic carbocycles. The van der Waals surface area contributed by atoms with Crippen LogP contribution in [0, 0.1) is 0 Å². The van der Waals surface area contributed by atoms with Crippen LogP contribution in [0.15, 0.2) is 42.5 Å². The lowest BCUT2D eigenvalue weighted by Gasteiger charge is -2.27. The molecule has 1 fully saturated rings. The number of carbonyl (C=O) groups is 2. The zero-order valence-corrected chi connectivity index (χ0v) is 18.1. The van der Waals surface area contributed by atoms with E-state index >= 15 is 0 Å². The first-order valence-electron chi connectivity index (χ1n) is 11.3. The summed E-state index contributed by atoms with van der Waals surface area (Å²) in [7, 11) is 0. The number of nitrogens with zero attached hydrogens (tertiary/aromatic N) is 1. The smallest absolute Gasteiger partial charge is 0.251 e. The monoisotopic (exact) mass is 431 g/mol. The van der Waals surface area contributed by atoms with Gasteiger partial charge in [-0.05, 0) is 67.4 Å². The van der Waals surface area contributed by atoms with E-state index < -0.39 is 5.91 Å². The Labute approximate surface area is 187 Å². The summed E-state index contributed by atoms with van der Waals surface area (Å²) in [6.45, 7) is 4.50. The number of aromatic nitrogens is 1. The third-order valence-corrected chi connectivity index (χ3v) is 6.64. The van der Waals surface area contributed by atoms with Crippen LogP contribution in [-0.2, 0) is 19.5 Å². The van der Waals surface area contributed by atoms with E-state index in [1.54, 1.807) is 12.1 Å². The van der Waals surface area contributed by atoms with Crippen LogP contribution in [0.2, 0.25) is 0 Å². The summed E-state index contributed by atoms with van der Waals surface area (Å²) in [5.74, 6) is -0.395. The topological polar surface area (TPSA) is 103 Å². The first-order chi connectivity index (χ1) is 15.6. The van der Waals surface area contributed by atoms with Gasteiger partial charge < -0.3 is 21.4 Å². The van der Waals surface area contributed by atoms with E-state index in [1.165, 1.54) is 11.3 Å². The third kappa shape index (κ3) is 4.26. The first kappa shape index (κ1) is 20.7. The number of piperidine rings is 1. The molecular formula is C25H29N5O2. The van der Waals surface area contributed by atoms with Crippen molar-refractivity contribution in [3.8, 4) is 0 Å². The number of H-pyrrole nitrogens is 1. The average Bonchev–Trinajstić information content (AvgIpc) is 3.17. The number of aromatic amines is 1. The van der Waals surface area contributed by atoms with Gasteiger partial charge in [0.25, 0.3) is 5.91 Å². The number of hydrogen-bond acceptors (Lipinski definition) is 4. The quantitative estimate of drug-likeness (QED) is 0.498. The highest BCUT2D eigenvalue weighted by Gasteiger charge is 2.22. The summed E-state index contributed by atoms with van der Waals surface area (Å²) in [5.41, 5.74) is 11.4. The van der Waals surface area contributed by atoms with E-state index in [1.807, 2.05) is 30.3 Å². The minimum Gasteiger partial charge on any atom is -0.366 e. The molecular weight excluding hydrogens is 402 g/mol. The normalized spacial score (nSPS) is 17.2. The van der Waals surface area contributed by atoms with Crippen molar-refractivity contribution in [2.75, 3.05) is 19.6 Å². The molecule has 2 aliphatic rings. The van der Waals surface area contributed by atoms with E-state index in [0.29, 0.717) is 5.56 Å². The fourth-order valence-electron chi connectivity index (χ4n) is 4.81. The second-order valence-electron chi connectivity index (χ2n) is 8.86. The van der Waals surface area contributed by atoms with Crippen molar-refractivity contribution in [1.82, 2.24) is 20.5 Å². The minimum absolute atomic E-state index is 0.0101. The number of nitrogens with two attached hydrogens (primary N) is 1. The Morgan fingerprint density at radius 1 is 1.06 bits per heavy atom. The van der Waals surface area contributed by atoms with Gasteiger partial charge >= 0.3 is 0 Å². The summed E-state index contributed by atoms with van der Waals surface area (Å²) in [6.07, 6.45) is 2.89. The molecule has 32 heavy (non-hydrogen) atoms. The fraction of sp³-hybridized carbons (Fsp3) is 0.360. The van der Waals surface area contributed by atoms with E-state index in [4.69, 9.17) is 5.73 Å². The minimum atomic E-state index is -0.405. The predicted molar refractivity (Wildman–Crippen MR) is 124 cm³/mol. The molecule has 1 saturated heterocycles. The highest BCUT2D eigenvalue weighted by atomic mass is 16.2. The first-order valence-corrected chi connectivity index (χ1v) is 11.3. The second kappa shape index (κ2) is 8.76. The van der Waals surface area contributed by atoms with E-state index in [-0.39, 0.29) is 11.9 Å². The van der Waals surface area contributed by atoms with Crippen LogP contribution in [0.4, 0.5) is 0 Å². The molecule has 5 N–H and O–H groups in total. The van der Waals surface area contributed by atoms with Crippen molar-refractivity contribution < 1.29 is 9.59 Å². The Hall–Kier alpha value is -3.16. The second-order valence-corrected chi connectivity index (χ2v) is 8.86. The van der Waals surface area contributed by atoms with Gasteiger partial charge in [0.15, 0.2) is 0 Å². The molecule has 3 aromatic rings. The Morgan fingerprint density at radius 3 is 2.56 bits per heavy atom. The van der Waals surface area contributed by atoms with Crippen molar-refractivity contribution >= 4 is 22.7 Å². The predicted octanol–water partition coefficient (Wildman–Crippen LogP) is 2.31. The van der Waals surface area contributed by atoms with Gasteiger partial charge in [-0.25, -0.2) is 0 Å². The maximum Gasteiger partial charge on any atom is 0.251 e. The van der Waals surface area contributed by atoms with Crippen LogP contribution in [0.25, 0.3) is 10.9 Å². The van der Waals surface area contributed by atoms with Crippen LogP contribution >= 0.6 is 0 Å². The highest BCUT2D eigenvalue weighted by Crippen LogP contribution is 2.29. The molecule has 0 radical (unpaired) electrons. The number of carbonyl (C=O) groups excluding carboxylic acids is 2. The Balaban J connectivity index is 1.32. The van der Waals surface area contributed by atoms with Gasteiger partial charge in [0.2, 0.25) is 5.91 Å². The number of nitrogens with one attached hydrogen (secondary N) is 3. The van der Waals surface area contributed by atoms with Gasteiger partial charge in [0, 0.05) is 59.8 Å². The van der Waals surface area contributed by atoms with Gasteiger partial charge in [-0.2, -0.15) is 0 Å². The Kier molecular flexibility index (Phi) is 5.68. The van der Waals surface area contributed by atoms with Gasteiger partial charge in [0.1, 0.15) is 0 Å². The van der Waals surface area contributed by atoms with Crippen molar-refractivity contribution in [3.63, 3.8) is 0 Å². The number of amides is 2. The molecule has 0 atom stereocenters. The molecule has 2 aliphatic heterocycles. The number of primary amides is 1. The molecule has 0 saturated carbocycles. The van der Waals surface area contributed by atoms with Crippen LogP contribution < -0.4 is 16.4 Å². The summed E-state index contributed by atoms with van der Waals surface area (Å²) < 4.78 is 0. The summed E-state index contributed by atoms with van der Waals surface area (Å²) in [4.78, 5) is 30.1. The third-order valence-electron chi connectivity index (χ3n) is 6.64. The SMILES string of the molecule is NC(=O)c1ccc(CN2CCc3[nH]c4ccc(C(=O)NC5CCNCC5)cc4c3C2)cc1. The van der Waals surface area contributed by atoms with E-state index in [9.17, 15) is 9.59 Å². The summed E-state index contributed by atoms with van der Waals surface area (Å²) in [6, 6.07) is 13.7. The zero-order valence-electron chi connectivity index (χ0n) is 18.1. The van der Waals surface area contributed by atoms with E-state index in [0.717, 1.165) is 74.0 Å². The molecule has 3 heterocycles. The van der Waals surface area contributed by atoms with Crippen molar-refractivity contribution in [2.24, 2.45) is 5.73 Å². The molecule has 0 bridgehead atoms. The lowest BCUT2D eigenvalue weighted by atomic mass is 10.0. The lowest BCUT2D eigenvalue weighted by molar-refractivity contribution is 0.0928. The van der Waals surface area contributed by atoms with Crippen molar-refractivity contribution in [3.05, 3.63) is 70.4 Å². The molecule has 7 nitrogen and oxygen atoms in total. The molecule has 5 rings (SSSR count). The van der Waals surface area contributed by atoms with Gasteiger partial charge in [-0.15, -0.1) is 0 Å². The maximum absolute atomic E-state index is 12.8. The molecule has 0 spiro atoms. The van der Waals surface area contributed by atoms with Crippen LogP contribution in [0.5, 0.6) is 0 Å².